The molecule has 2 saturated heterocycles. The molecule has 2 aliphatic rings. The topological polar surface area (TPSA) is 166 Å². The van der Waals surface area contributed by atoms with E-state index in [0.717, 1.165) is 46.1 Å². The standard InChI is InChI=1S/C31H29N11O2/c1-16(43)26-27(19-10-21-5-6-22(11-19)41(21)31(44)29-34-15-35-38-29)37-30-23(13-36-42(30)28(26)32)18-4-7-24(33-12-18)17-3-8-25-20(9-17)14-40(2)39-25/h3-4,7-9,12-15,19,21-22H,5-6,10-11,32H2,1-2H3,(H,34,35,38)/t19?,21-,22+. The van der Waals surface area contributed by atoms with Gasteiger partial charge in [-0.3, -0.25) is 24.4 Å². The molecule has 1 amide bonds. The predicted octanol–water partition coefficient (Wildman–Crippen LogP) is 3.80. The number of carbonyl (C=O) groups excluding carboxylic acids is 2. The van der Waals surface area contributed by atoms with Crippen LogP contribution in [-0.4, -0.2) is 73.2 Å². The van der Waals surface area contributed by atoms with E-state index in [0.29, 0.717) is 29.7 Å². The van der Waals surface area contributed by atoms with E-state index in [2.05, 4.69) is 31.4 Å². The number of nitrogens with zero attached hydrogens (tertiary/aromatic N) is 9. The molecule has 0 saturated carbocycles. The van der Waals surface area contributed by atoms with Crippen LogP contribution >= 0.6 is 0 Å². The molecule has 220 valence electrons. The number of hydrogen-bond acceptors (Lipinski definition) is 9. The lowest BCUT2D eigenvalue weighted by Gasteiger charge is -2.38. The van der Waals surface area contributed by atoms with Crippen LogP contribution in [0.3, 0.4) is 0 Å². The third-order valence-corrected chi connectivity index (χ3v) is 9.02. The highest BCUT2D eigenvalue weighted by Gasteiger charge is 2.45. The Bertz CT molecular complexity index is 2060. The molecule has 5 aromatic heterocycles. The molecule has 1 unspecified atom stereocenters. The van der Waals surface area contributed by atoms with Crippen molar-refractivity contribution in [2.75, 3.05) is 5.73 Å². The normalized spacial score (nSPS) is 19.7. The highest BCUT2D eigenvalue weighted by Crippen LogP contribution is 2.45. The monoisotopic (exact) mass is 587 g/mol. The Morgan fingerprint density at radius 1 is 1.02 bits per heavy atom. The summed E-state index contributed by atoms with van der Waals surface area (Å²) in [4.78, 5) is 42.0. The van der Waals surface area contributed by atoms with Crippen LogP contribution in [0.1, 0.15) is 65.2 Å². The first-order valence-corrected chi connectivity index (χ1v) is 14.6. The maximum atomic E-state index is 13.2. The van der Waals surface area contributed by atoms with Crippen molar-refractivity contribution in [3.8, 4) is 22.4 Å². The predicted molar refractivity (Wildman–Crippen MR) is 162 cm³/mol. The van der Waals surface area contributed by atoms with E-state index in [1.807, 2.05) is 48.6 Å². The van der Waals surface area contributed by atoms with E-state index in [1.54, 1.807) is 10.9 Å². The summed E-state index contributed by atoms with van der Waals surface area (Å²) in [5.74, 6) is 0.175. The van der Waals surface area contributed by atoms with Gasteiger partial charge in [0.25, 0.3) is 5.91 Å². The van der Waals surface area contributed by atoms with Crippen LogP contribution in [0.4, 0.5) is 5.82 Å². The fraction of sp³-hybridized carbons (Fsp3) is 0.290. The van der Waals surface area contributed by atoms with Gasteiger partial charge in [-0.1, -0.05) is 12.1 Å². The first-order valence-electron chi connectivity index (χ1n) is 14.6. The van der Waals surface area contributed by atoms with E-state index >= 15 is 0 Å². The molecule has 0 spiro atoms. The quantitative estimate of drug-likeness (QED) is 0.285. The number of aryl methyl sites for hydroxylation is 1. The minimum atomic E-state index is -0.159. The number of aromatic amines is 1. The van der Waals surface area contributed by atoms with Gasteiger partial charge in [-0.15, -0.1) is 0 Å². The Kier molecular flexibility index (Phi) is 5.83. The fourth-order valence-corrected chi connectivity index (χ4v) is 7.09. The average molecular weight is 588 g/mol. The number of hydrogen-bond donors (Lipinski definition) is 2. The Balaban J connectivity index is 1.14. The van der Waals surface area contributed by atoms with Crippen molar-refractivity contribution in [1.82, 2.24) is 49.4 Å². The minimum Gasteiger partial charge on any atom is -0.383 e. The van der Waals surface area contributed by atoms with Crippen molar-refractivity contribution < 1.29 is 9.59 Å². The SMILES string of the molecule is CC(=O)c1c(C2C[C@H]3CC[C@@H](C2)N3C(=O)c2ncn[nH]2)nc2c(-c3ccc(-c4ccc5nn(C)cc5c4)nc3)cnn2c1N. The van der Waals surface area contributed by atoms with Crippen LogP contribution < -0.4 is 5.73 Å². The van der Waals surface area contributed by atoms with Gasteiger partial charge in [-0.05, 0) is 50.8 Å². The largest absolute Gasteiger partial charge is 0.383 e. The molecule has 7 heterocycles. The molecule has 2 aliphatic heterocycles. The number of nitrogens with two attached hydrogens (primary N) is 1. The number of ketones is 1. The van der Waals surface area contributed by atoms with E-state index in [-0.39, 0.29) is 41.3 Å². The lowest BCUT2D eigenvalue weighted by atomic mass is 9.85. The first-order chi connectivity index (χ1) is 21.4. The summed E-state index contributed by atoms with van der Waals surface area (Å²) in [6.45, 7) is 1.51. The zero-order chi connectivity index (χ0) is 30.1. The molecule has 0 radical (unpaired) electrons. The van der Waals surface area contributed by atoms with Crippen molar-refractivity contribution in [3.05, 3.63) is 72.3 Å². The number of aromatic nitrogens is 9. The summed E-state index contributed by atoms with van der Waals surface area (Å²) in [5, 5.41) is 16.5. The smallest absolute Gasteiger partial charge is 0.291 e. The molecular formula is C31H29N11O2. The van der Waals surface area contributed by atoms with Gasteiger partial charge < -0.3 is 10.6 Å². The number of Topliss-reactive ketones (excluding diaryl/α,β-unsaturated/α-hetero) is 1. The average Bonchev–Trinajstić information content (AvgIpc) is 3.81. The molecule has 2 fully saturated rings. The van der Waals surface area contributed by atoms with E-state index in [9.17, 15) is 9.59 Å². The van der Waals surface area contributed by atoms with E-state index < -0.39 is 0 Å². The second-order valence-electron chi connectivity index (χ2n) is 11.7. The third-order valence-electron chi connectivity index (χ3n) is 9.02. The molecule has 8 rings (SSSR count). The van der Waals surface area contributed by atoms with Crippen molar-refractivity contribution >= 4 is 34.1 Å². The summed E-state index contributed by atoms with van der Waals surface area (Å²) in [5.41, 5.74) is 12.6. The number of nitrogen functional groups attached to an aromatic ring is 1. The second kappa shape index (κ2) is 9.79. The van der Waals surface area contributed by atoms with Gasteiger partial charge >= 0.3 is 0 Å². The van der Waals surface area contributed by atoms with Crippen LogP contribution in [-0.2, 0) is 7.05 Å². The molecule has 44 heavy (non-hydrogen) atoms. The molecule has 3 atom stereocenters. The van der Waals surface area contributed by atoms with Gasteiger partial charge in [-0.25, -0.2) is 9.97 Å². The van der Waals surface area contributed by atoms with Gasteiger partial charge in [0.05, 0.1) is 28.7 Å². The summed E-state index contributed by atoms with van der Waals surface area (Å²) in [6.07, 6.45) is 9.99. The van der Waals surface area contributed by atoms with Crippen molar-refractivity contribution in [2.24, 2.45) is 7.05 Å². The van der Waals surface area contributed by atoms with Crippen LogP contribution in [0.5, 0.6) is 0 Å². The van der Waals surface area contributed by atoms with Crippen LogP contribution in [0.2, 0.25) is 0 Å². The summed E-state index contributed by atoms with van der Waals surface area (Å²) in [6, 6.07) is 10.1. The number of pyridine rings is 1. The van der Waals surface area contributed by atoms with Crippen molar-refractivity contribution in [2.45, 2.75) is 50.6 Å². The third kappa shape index (κ3) is 4.07. The highest BCUT2D eigenvalue weighted by molar-refractivity contribution is 6.00. The van der Waals surface area contributed by atoms with Gasteiger partial charge in [0.2, 0.25) is 5.82 Å². The number of anilines is 1. The second-order valence-corrected chi connectivity index (χ2v) is 11.7. The molecule has 13 heteroatoms. The van der Waals surface area contributed by atoms with Crippen LogP contribution in [0, 0.1) is 0 Å². The molecule has 2 bridgehead atoms. The summed E-state index contributed by atoms with van der Waals surface area (Å²) in [7, 11) is 1.91. The van der Waals surface area contributed by atoms with Gasteiger partial charge in [-0.2, -0.15) is 19.8 Å². The molecule has 6 aromatic rings. The lowest BCUT2D eigenvalue weighted by molar-refractivity contribution is 0.0556. The van der Waals surface area contributed by atoms with E-state index in [4.69, 9.17) is 15.7 Å². The summed E-state index contributed by atoms with van der Waals surface area (Å²) < 4.78 is 3.34. The molecular weight excluding hydrogens is 558 g/mol. The number of carbonyl (C=O) groups is 2. The fourth-order valence-electron chi connectivity index (χ4n) is 7.09. The van der Waals surface area contributed by atoms with Gasteiger partial charge in [0.1, 0.15) is 12.1 Å². The number of rotatable bonds is 5. The maximum absolute atomic E-state index is 13.2. The number of H-pyrrole nitrogens is 1. The van der Waals surface area contributed by atoms with Crippen molar-refractivity contribution in [3.63, 3.8) is 0 Å². The van der Waals surface area contributed by atoms with Crippen LogP contribution in [0.15, 0.2) is 55.2 Å². The maximum Gasteiger partial charge on any atom is 0.291 e. The Morgan fingerprint density at radius 2 is 1.82 bits per heavy atom. The van der Waals surface area contributed by atoms with Gasteiger partial charge in [0, 0.05) is 59.5 Å². The Hall–Kier alpha value is -5.46. The lowest BCUT2D eigenvalue weighted by Crippen LogP contribution is -2.46. The van der Waals surface area contributed by atoms with E-state index in [1.165, 1.54) is 17.8 Å². The highest BCUT2D eigenvalue weighted by atomic mass is 16.2. The number of benzene rings is 1. The number of nitrogens with one attached hydrogen (secondary N) is 1. The van der Waals surface area contributed by atoms with Gasteiger partial charge in [0.15, 0.2) is 11.4 Å². The van der Waals surface area contributed by atoms with Crippen LogP contribution in [0.25, 0.3) is 38.9 Å². The Labute approximate surface area is 251 Å². The zero-order valence-electron chi connectivity index (χ0n) is 24.2. The first kappa shape index (κ1) is 26.2. The Morgan fingerprint density at radius 3 is 2.52 bits per heavy atom. The molecule has 0 aliphatic carbocycles. The molecule has 3 N–H and O–H groups in total. The minimum absolute atomic E-state index is 0.0161. The zero-order valence-corrected chi connectivity index (χ0v) is 24.2. The number of amides is 1. The molecule has 13 nitrogen and oxygen atoms in total. The summed E-state index contributed by atoms with van der Waals surface area (Å²) >= 11 is 0. The van der Waals surface area contributed by atoms with Crippen molar-refractivity contribution in [1.29, 1.82) is 0 Å². The molecule has 1 aromatic carbocycles. The number of piperidine rings is 1. The number of fused-ring (bicyclic) bond motifs is 4.